The van der Waals surface area contributed by atoms with Crippen molar-refractivity contribution in [2.45, 2.75) is 11.8 Å². The maximum Gasteiger partial charge on any atom is 0.264 e. The van der Waals surface area contributed by atoms with Crippen molar-refractivity contribution < 1.29 is 27.1 Å². The molecular weight excluding hydrogens is 497 g/mol. The van der Waals surface area contributed by atoms with E-state index in [0.29, 0.717) is 23.1 Å². The van der Waals surface area contributed by atoms with Gasteiger partial charge in [-0.1, -0.05) is 23.7 Å². The number of benzene rings is 3. The second-order valence-corrected chi connectivity index (χ2v) is 9.83. The molecule has 0 fully saturated rings. The van der Waals surface area contributed by atoms with Crippen molar-refractivity contribution in [2.24, 2.45) is 5.10 Å². The second-order valence-electron chi connectivity index (χ2n) is 7.53. The van der Waals surface area contributed by atoms with Gasteiger partial charge in [-0.2, -0.15) is 5.10 Å². The highest BCUT2D eigenvalue weighted by Crippen LogP contribution is 2.34. The number of sulfonamides is 1. The number of anilines is 1. The fourth-order valence-electron chi connectivity index (χ4n) is 3.30. The molecule has 3 aromatic carbocycles. The first-order valence-corrected chi connectivity index (χ1v) is 12.3. The van der Waals surface area contributed by atoms with Crippen LogP contribution in [0.25, 0.3) is 0 Å². The Bertz CT molecular complexity index is 1360. The molecular formula is C24H21ClFN3O5S. The number of carbonyl (C=O) groups excluding carboxylic acids is 1. The Morgan fingerprint density at radius 2 is 1.69 bits per heavy atom. The Kier molecular flexibility index (Phi) is 7.23. The minimum atomic E-state index is -4.24. The predicted octanol–water partition coefficient (Wildman–Crippen LogP) is 3.99. The monoisotopic (exact) mass is 517 g/mol. The third kappa shape index (κ3) is 5.72. The summed E-state index contributed by atoms with van der Waals surface area (Å²) in [5, 5.41) is 4.61. The number of hydrogen-bond acceptors (Lipinski definition) is 6. The lowest BCUT2D eigenvalue weighted by Crippen LogP contribution is -2.39. The van der Waals surface area contributed by atoms with E-state index in [-0.39, 0.29) is 22.9 Å². The van der Waals surface area contributed by atoms with Crippen LogP contribution in [0.3, 0.4) is 0 Å². The summed E-state index contributed by atoms with van der Waals surface area (Å²) in [7, 11) is -4.24. The molecule has 0 saturated carbocycles. The molecule has 182 valence electrons. The number of carbonyl (C=O) groups is 1. The van der Waals surface area contributed by atoms with E-state index in [2.05, 4.69) is 10.5 Å². The highest BCUT2D eigenvalue weighted by molar-refractivity contribution is 7.92. The highest BCUT2D eigenvalue weighted by atomic mass is 35.5. The van der Waals surface area contributed by atoms with Crippen molar-refractivity contribution in [2.75, 3.05) is 24.1 Å². The van der Waals surface area contributed by atoms with Crippen LogP contribution in [0.2, 0.25) is 5.02 Å². The zero-order chi connectivity index (χ0) is 25.0. The Morgan fingerprint density at radius 3 is 2.37 bits per heavy atom. The van der Waals surface area contributed by atoms with Crippen LogP contribution in [0.1, 0.15) is 12.5 Å². The summed E-state index contributed by atoms with van der Waals surface area (Å²) in [4.78, 5) is 12.6. The lowest BCUT2D eigenvalue weighted by Gasteiger charge is -2.25. The maximum atomic E-state index is 13.5. The number of hydrazone groups is 1. The van der Waals surface area contributed by atoms with E-state index in [1.807, 2.05) is 0 Å². The summed E-state index contributed by atoms with van der Waals surface area (Å²) in [5.41, 5.74) is 3.71. The fraction of sp³-hybridized carbons (Fsp3) is 0.167. The number of ether oxygens (including phenoxy) is 2. The third-order valence-corrected chi connectivity index (χ3v) is 7.14. The number of rotatable bonds is 7. The number of nitrogens with zero attached hydrogens (tertiary/aromatic N) is 2. The first-order chi connectivity index (χ1) is 16.7. The zero-order valence-corrected chi connectivity index (χ0v) is 20.1. The van der Waals surface area contributed by atoms with Crippen molar-refractivity contribution in [1.29, 1.82) is 0 Å². The topological polar surface area (TPSA) is 97.3 Å². The van der Waals surface area contributed by atoms with Gasteiger partial charge < -0.3 is 9.47 Å². The molecule has 8 nitrogen and oxygen atoms in total. The summed E-state index contributed by atoms with van der Waals surface area (Å²) in [5.74, 6) is -0.529. The fourth-order valence-corrected chi connectivity index (χ4v) is 4.86. The summed E-state index contributed by atoms with van der Waals surface area (Å²) in [6.45, 7) is 1.73. The molecule has 1 amide bonds. The van der Waals surface area contributed by atoms with Crippen LogP contribution in [0.15, 0.2) is 76.7 Å². The Balaban J connectivity index is 1.60. The summed E-state index contributed by atoms with van der Waals surface area (Å²) >= 11 is 5.89. The van der Waals surface area contributed by atoms with Crippen molar-refractivity contribution >= 4 is 38.9 Å². The molecule has 0 aromatic heterocycles. The van der Waals surface area contributed by atoms with Gasteiger partial charge in [0.25, 0.3) is 15.9 Å². The van der Waals surface area contributed by atoms with Gasteiger partial charge in [-0.15, -0.1) is 0 Å². The molecule has 1 aliphatic rings. The van der Waals surface area contributed by atoms with E-state index in [9.17, 15) is 17.6 Å². The minimum Gasteiger partial charge on any atom is -0.486 e. The zero-order valence-electron chi connectivity index (χ0n) is 18.6. The van der Waals surface area contributed by atoms with Crippen LogP contribution in [-0.2, 0) is 14.8 Å². The smallest absolute Gasteiger partial charge is 0.264 e. The van der Waals surface area contributed by atoms with Crippen LogP contribution in [0, 0.1) is 5.82 Å². The first kappa shape index (κ1) is 24.5. The molecule has 0 radical (unpaired) electrons. The van der Waals surface area contributed by atoms with Gasteiger partial charge in [-0.25, -0.2) is 18.2 Å². The molecule has 3 aromatic rings. The Hall–Kier alpha value is -3.63. The minimum absolute atomic E-state index is 0.106. The SMILES string of the molecule is C/C(=N/NC(=O)CN(c1ccc(F)cc1)S(=O)(=O)c1ccc2c(c1)OCCO2)c1ccc(Cl)cc1. The van der Waals surface area contributed by atoms with Gasteiger partial charge in [-0.3, -0.25) is 9.10 Å². The normalized spacial score (nSPS) is 13.3. The highest BCUT2D eigenvalue weighted by Gasteiger charge is 2.29. The van der Waals surface area contributed by atoms with Crippen LogP contribution in [0.4, 0.5) is 10.1 Å². The lowest BCUT2D eigenvalue weighted by atomic mass is 10.1. The number of fused-ring (bicyclic) bond motifs is 1. The molecule has 0 unspecified atom stereocenters. The van der Waals surface area contributed by atoms with Crippen molar-refractivity contribution in [3.05, 3.63) is 83.1 Å². The van der Waals surface area contributed by atoms with Crippen LogP contribution < -0.4 is 19.2 Å². The molecule has 0 spiro atoms. The number of nitrogens with one attached hydrogen (secondary N) is 1. The summed E-state index contributed by atoms with van der Waals surface area (Å²) in [6, 6.07) is 15.8. The Morgan fingerprint density at radius 1 is 1.03 bits per heavy atom. The molecule has 11 heteroatoms. The summed E-state index contributed by atoms with van der Waals surface area (Å²) in [6.07, 6.45) is 0. The van der Waals surface area contributed by atoms with Gasteiger partial charge >= 0.3 is 0 Å². The van der Waals surface area contributed by atoms with Crippen LogP contribution >= 0.6 is 11.6 Å². The van der Waals surface area contributed by atoms with Gasteiger partial charge in [0, 0.05) is 11.1 Å². The number of hydrogen-bond donors (Lipinski definition) is 1. The average molecular weight is 518 g/mol. The molecule has 0 saturated heterocycles. The first-order valence-electron chi connectivity index (χ1n) is 10.5. The maximum absolute atomic E-state index is 13.5. The van der Waals surface area contributed by atoms with Crippen LogP contribution in [-0.4, -0.2) is 39.8 Å². The predicted molar refractivity (Wildman–Crippen MR) is 130 cm³/mol. The average Bonchev–Trinajstić information content (AvgIpc) is 2.86. The van der Waals surface area contributed by atoms with E-state index in [0.717, 1.165) is 22.0 Å². The molecule has 4 rings (SSSR count). The van der Waals surface area contributed by atoms with Gasteiger partial charge in [0.2, 0.25) is 0 Å². The number of halogens is 2. The van der Waals surface area contributed by atoms with Crippen molar-refractivity contribution in [3.63, 3.8) is 0 Å². The molecule has 1 heterocycles. The molecule has 0 bridgehead atoms. The largest absolute Gasteiger partial charge is 0.486 e. The van der Waals surface area contributed by atoms with Gasteiger partial charge in [0.15, 0.2) is 11.5 Å². The van der Waals surface area contributed by atoms with Gasteiger partial charge in [0.05, 0.1) is 16.3 Å². The standard InChI is InChI=1S/C24H21ClFN3O5S/c1-16(17-2-4-18(25)5-3-17)27-28-24(30)15-29(20-8-6-19(26)7-9-20)35(31,32)21-10-11-22-23(14-21)34-13-12-33-22/h2-11,14H,12-13,15H2,1H3,(H,28,30)/b27-16-. The van der Waals surface area contributed by atoms with E-state index < -0.39 is 28.3 Å². The van der Waals surface area contributed by atoms with Crippen molar-refractivity contribution in [3.8, 4) is 11.5 Å². The van der Waals surface area contributed by atoms with Crippen molar-refractivity contribution in [1.82, 2.24) is 5.43 Å². The van der Waals surface area contributed by atoms with Crippen LogP contribution in [0.5, 0.6) is 11.5 Å². The molecule has 0 atom stereocenters. The van der Waals surface area contributed by atoms with E-state index in [1.165, 1.54) is 30.3 Å². The summed E-state index contributed by atoms with van der Waals surface area (Å²) < 4.78 is 52.4. The Labute approximate surface area is 207 Å². The third-order valence-electron chi connectivity index (χ3n) is 5.11. The number of amides is 1. The lowest BCUT2D eigenvalue weighted by molar-refractivity contribution is -0.119. The van der Waals surface area contributed by atoms with Gasteiger partial charge in [-0.05, 0) is 61.0 Å². The molecule has 1 aliphatic heterocycles. The van der Waals surface area contributed by atoms with E-state index in [1.54, 1.807) is 31.2 Å². The van der Waals surface area contributed by atoms with Gasteiger partial charge in [0.1, 0.15) is 25.6 Å². The van der Waals surface area contributed by atoms with E-state index in [4.69, 9.17) is 21.1 Å². The second kappa shape index (κ2) is 10.3. The quantitative estimate of drug-likeness (QED) is 0.377. The molecule has 0 aliphatic carbocycles. The van der Waals surface area contributed by atoms with E-state index >= 15 is 0 Å². The molecule has 35 heavy (non-hydrogen) atoms. The molecule has 1 N–H and O–H groups in total.